The van der Waals surface area contributed by atoms with Crippen LogP contribution in [0, 0.1) is 23.7 Å². The highest BCUT2D eigenvalue weighted by atomic mass is 16.6. The third kappa shape index (κ3) is 23.0. The molecule has 0 aromatic rings. The van der Waals surface area contributed by atoms with Crippen molar-refractivity contribution in [3.05, 3.63) is 0 Å². The van der Waals surface area contributed by atoms with E-state index in [4.69, 9.17) is 18.9 Å². The van der Waals surface area contributed by atoms with Crippen LogP contribution in [0.4, 0.5) is 0 Å². The number of nitrogens with one attached hydrogen (secondary N) is 6. The maximum absolute atomic E-state index is 13.6. The highest BCUT2D eigenvalue weighted by Crippen LogP contribution is 2.36. The molecule has 0 aromatic heterocycles. The van der Waals surface area contributed by atoms with Crippen LogP contribution < -0.4 is 31.9 Å². The van der Waals surface area contributed by atoms with Gasteiger partial charge in [0.15, 0.2) is 0 Å². The number of piperidine rings is 6. The summed E-state index contributed by atoms with van der Waals surface area (Å²) in [6, 6.07) is 0. The molecule has 6 fully saturated rings. The minimum atomic E-state index is -1.21. The normalized spacial score (nSPS) is 23.8. The van der Waals surface area contributed by atoms with Crippen molar-refractivity contribution in [1.29, 1.82) is 0 Å². The Morgan fingerprint density at radius 2 is 0.644 bits per heavy atom. The van der Waals surface area contributed by atoms with E-state index < -0.39 is 35.7 Å². The highest BCUT2D eigenvalue weighted by Gasteiger charge is 2.44. The minimum absolute atomic E-state index is 0. The van der Waals surface area contributed by atoms with Crippen molar-refractivity contribution in [2.75, 3.05) is 52.4 Å². The number of esters is 4. The zero-order chi connectivity index (χ0) is 52.4. The average molecular weight is 1030 g/mol. The quantitative estimate of drug-likeness (QED) is 0.0360. The van der Waals surface area contributed by atoms with Crippen molar-refractivity contribution in [3.8, 4) is 0 Å². The van der Waals surface area contributed by atoms with Crippen LogP contribution in [0.1, 0.15) is 204 Å². The van der Waals surface area contributed by atoms with Crippen molar-refractivity contribution < 1.29 is 47.7 Å². The molecule has 6 aliphatic rings. The highest BCUT2D eigenvalue weighted by molar-refractivity contribution is 5.89. The Hall–Kier alpha value is -3.02. The van der Waals surface area contributed by atoms with Crippen LogP contribution >= 0.6 is 0 Å². The van der Waals surface area contributed by atoms with Gasteiger partial charge < -0.3 is 50.8 Å². The predicted octanol–water partition coefficient (Wildman–Crippen LogP) is 7.17. The standard InChI is InChI=1S/C28H46N4O8.C28H52N2O2.CH4/c33-25(37-19-1-9-29-10-2-19)17-23(27(35)39-21-5-13-31-14-6-21)24(28(36)40-22-7-15-32-16-8-22)18-26(34)38-20-3-11-30-12-4-20;1-25(2)17-21(18-26(3,4)29-25)23(31)15-13-11-9-10-12-14-16-24(32)22-19-27(5,6)30-28(7,8)20-22;/h19-24,29-32H,1-18H2;21-22,29-30H,9-20H2,1-8H3;1H4. The number of ether oxygens (including phenoxy) is 4. The van der Waals surface area contributed by atoms with Crippen molar-refractivity contribution >= 4 is 35.4 Å². The summed E-state index contributed by atoms with van der Waals surface area (Å²) in [6.45, 7) is 23.5. The van der Waals surface area contributed by atoms with Crippen molar-refractivity contribution in [3.63, 3.8) is 0 Å². The maximum Gasteiger partial charge on any atom is 0.310 e. The zero-order valence-electron chi connectivity index (χ0n) is 45.9. The van der Waals surface area contributed by atoms with Gasteiger partial charge in [0.05, 0.1) is 24.7 Å². The summed E-state index contributed by atoms with van der Waals surface area (Å²) < 4.78 is 23.0. The van der Waals surface area contributed by atoms with Gasteiger partial charge in [0, 0.05) is 46.8 Å². The molecule has 2 atom stereocenters. The molecule has 0 bridgehead atoms. The molecule has 73 heavy (non-hydrogen) atoms. The van der Waals surface area contributed by atoms with Gasteiger partial charge in [-0.05, 0) is 198 Å². The molecule has 0 spiro atoms. The SMILES string of the molecule is C.CC1(C)CC(C(=O)CCCCCCCCC(=O)C2CC(C)(C)NC(C)(C)C2)CC(C)(C)N1.O=C(CC(C(=O)OC1CCNCC1)C(CC(=O)OC1CCNCC1)C(=O)OC1CCNCC1)OC1CCNCC1. The summed E-state index contributed by atoms with van der Waals surface area (Å²) in [5.41, 5.74) is 0.163. The summed E-state index contributed by atoms with van der Waals surface area (Å²) in [4.78, 5) is 78.9. The lowest BCUT2D eigenvalue weighted by atomic mass is 9.73. The fraction of sp³-hybridized carbons (Fsp3) is 0.895. The number of ketones is 2. The van der Waals surface area contributed by atoms with Gasteiger partial charge in [0.2, 0.25) is 0 Å². The Balaban J connectivity index is 0.000000320. The maximum atomic E-state index is 13.6. The molecule has 16 heteroatoms. The second-order valence-corrected chi connectivity index (χ2v) is 24.8. The van der Waals surface area contributed by atoms with Gasteiger partial charge in [-0.2, -0.15) is 0 Å². The molecule has 6 aliphatic heterocycles. The van der Waals surface area contributed by atoms with Crippen molar-refractivity contribution in [2.45, 2.75) is 251 Å². The van der Waals surface area contributed by atoms with Gasteiger partial charge in [0.1, 0.15) is 36.0 Å². The van der Waals surface area contributed by atoms with E-state index in [1.165, 1.54) is 12.8 Å². The Morgan fingerprint density at radius 1 is 0.397 bits per heavy atom. The van der Waals surface area contributed by atoms with Gasteiger partial charge >= 0.3 is 23.9 Å². The molecule has 6 saturated heterocycles. The first-order valence-electron chi connectivity index (χ1n) is 28.3. The molecular formula is C57H102N6O10. The van der Waals surface area contributed by atoms with E-state index in [-0.39, 0.29) is 78.7 Å². The number of hydrogen-bond donors (Lipinski definition) is 6. The lowest BCUT2D eigenvalue weighted by molar-refractivity contribution is -0.174. The summed E-state index contributed by atoms with van der Waals surface area (Å²) in [5.74, 6) is -3.58. The van der Waals surface area contributed by atoms with Gasteiger partial charge in [-0.3, -0.25) is 28.8 Å². The lowest BCUT2D eigenvalue weighted by Gasteiger charge is -2.46. The van der Waals surface area contributed by atoms with Crippen LogP contribution in [0.15, 0.2) is 0 Å². The lowest BCUT2D eigenvalue weighted by Crippen LogP contribution is -2.58. The first-order valence-corrected chi connectivity index (χ1v) is 28.3. The third-order valence-electron chi connectivity index (χ3n) is 15.6. The molecule has 6 heterocycles. The predicted molar refractivity (Wildman–Crippen MR) is 286 cm³/mol. The molecule has 0 aromatic carbocycles. The Kier molecular flexibility index (Phi) is 25.7. The van der Waals surface area contributed by atoms with Crippen LogP contribution in [0.25, 0.3) is 0 Å². The molecule has 0 amide bonds. The van der Waals surface area contributed by atoms with Crippen LogP contribution in [0.5, 0.6) is 0 Å². The summed E-state index contributed by atoms with van der Waals surface area (Å²) in [7, 11) is 0. The summed E-state index contributed by atoms with van der Waals surface area (Å²) in [5, 5.41) is 20.3. The zero-order valence-corrected chi connectivity index (χ0v) is 45.9. The minimum Gasteiger partial charge on any atom is -0.462 e. The monoisotopic (exact) mass is 1030 g/mol. The van der Waals surface area contributed by atoms with E-state index in [9.17, 15) is 28.8 Å². The van der Waals surface area contributed by atoms with Gasteiger partial charge in [-0.15, -0.1) is 0 Å². The fourth-order valence-electron chi connectivity index (χ4n) is 12.6. The Morgan fingerprint density at radius 3 is 0.918 bits per heavy atom. The van der Waals surface area contributed by atoms with Gasteiger partial charge in [-0.25, -0.2) is 0 Å². The van der Waals surface area contributed by atoms with E-state index in [1.54, 1.807) is 0 Å². The molecular weight excluding hydrogens is 929 g/mol. The van der Waals surface area contributed by atoms with Crippen LogP contribution in [0.3, 0.4) is 0 Å². The fourth-order valence-corrected chi connectivity index (χ4v) is 12.6. The number of carbonyl (C=O) groups excluding carboxylic acids is 6. The molecule has 16 nitrogen and oxygen atoms in total. The molecule has 420 valence electrons. The van der Waals surface area contributed by atoms with E-state index in [2.05, 4.69) is 87.3 Å². The van der Waals surface area contributed by atoms with Crippen LogP contribution in [0.2, 0.25) is 0 Å². The third-order valence-corrected chi connectivity index (χ3v) is 15.6. The smallest absolute Gasteiger partial charge is 0.310 e. The number of Topliss-reactive ketones (excluding diaryl/α,β-unsaturated/α-hetero) is 2. The van der Waals surface area contributed by atoms with Gasteiger partial charge in [-0.1, -0.05) is 33.1 Å². The van der Waals surface area contributed by atoms with E-state index in [0.29, 0.717) is 89.1 Å². The first kappa shape index (κ1) is 62.5. The van der Waals surface area contributed by atoms with E-state index in [1.807, 2.05) is 0 Å². The Bertz CT molecular complexity index is 1580. The topological polar surface area (TPSA) is 212 Å². The summed E-state index contributed by atoms with van der Waals surface area (Å²) in [6.07, 6.45) is 15.3. The molecule has 0 aliphatic carbocycles. The molecule has 0 radical (unpaired) electrons. The first-order chi connectivity index (χ1) is 34.1. The van der Waals surface area contributed by atoms with Gasteiger partial charge in [0.25, 0.3) is 0 Å². The number of rotatable bonds is 22. The van der Waals surface area contributed by atoms with Crippen LogP contribution in [-0.4, -0.2) is 134 Å². The number of carbonyl (C=O) groups is 6. The second-order valence-electron chi connectivity index (χ2n) is 24.8. The Labute approximate surface area is 440 Å². The largest absolute Gasteiger partial charge is 0.462 e. The molecule has 6 N–H and O–H groups in total. The number of hydrogen-bond acceptors (Lipinski definition) is 16. The van der Waals surface area contributed by atoms with Crippen LogP contribution in [-0.2, 0) is 47.7 Å². The molecule has 0 saturated carbocycles. The van der Waals surface area contributed by atoms with E-state index in [0.717, 1.165) is 90.4 Å². The summed E-state index contributed by atoms with van der Waals surface area (Å²) >= 11 is 0. The second kappa shape index (κ2) is 30.1. The average Bonchev–Trinajstić information content (AvgIpc) is 3.30. The molecule has 6 rings (SSSR count). The van der Waals surface area contributed by atoms with Crippen molar-refractivity contribution in [1.82, 2.24) is 31.9 Å². The van der Waals surface area contributed by atoms with E-state index >= 15 is 0 Å². The molecule has 2 unspecified atom stereocenters. The number of unbranched alkanes of at least 4 members (excludes halogenated alkanes) is 5. The van der Waals surface area contributed by atoms with Crippen molar-refractivity contribution in [2.24, 2.45) is 23.7 Å².